The molecule has 1 fully saturated rings. The molecule has 1 rings (SSSR count). The topological polar surface area (TPSA) is 32.3 Å². The molecule has 1 N–H and O–H groups in total. The van der Waals surface area contributed by atoms with Crippen LogP contribution in [0.5, 0.6) is 0 Å². The van der Waals surface area contributed by atoms with Gasteiger partial charge in [0.1, 0.15) is 0 Å². The van der Waals surface area contributed by atoms with Crippen molar-refractivity contribution in [3.8, 4) is 0 Å². The molecule has 12 heavy (non-hydrogen) atoms. The lowest BCUT2D eigenvalue weighted by molar-refractivity contribution is -0.136. The van der Waals surface area contributed by atoms with Crippen LogP contribution >= 0.6 is 0 Å². The number of hydrogen-bond acceptors (Lipinski definition) is 2. The molecule has 0 bridgehead atoms. The lowest BCUT2D eigenvalue weighted by Gasteiger charge is -2.43. The van der Waals surface area contributed by atoms with Crippen LogP contribution in [0, 0.1) is 0 Å². The summed E-state index contributed by atoms with van der Waals surface area (Å²) in [4.78, 5) is 13.7. The van der Waals surface area contributed by atoms with Gasteiger partial charge in [0.2, 0.25) is 5.91 Å². The standard InChI is InChI=1S/C9H18N2O/c1-7(2)11-6-5-10-8(12)9(11,3)4/h7H,5-6H2,1-4H3,(H,10,12). The van der Waals surface area contributed by atoms with Crippen molar-refractivity contribution in [3.63, 3.8) is 0 Å². The van der Waals surface area contributed by atoms with Crippen LogP contribution in [0.4, 0.5) is 0 Å². The quantitative estimate of drug-likeness (QED) is 0.625. The highest BCUT2D eigenvalue weighted by Gasteiger charge is 2.38. The van der Waals surface area contributed by atoms with Crippen LogP contribution in [-0.2, 0) is 4.79 Å². The molecule has 70 valence electrons. The molecular formula is C9H18N2O. The molecule has 0 unspecified atom stereocenters. The molecule has 0 aromatic rings. The minimum absolute atomic E-state index is 0.141. The zero-order valence-corrected chi connectivity index (χ0v) is 8.35. The van der Waals surface area contributed by atoms with Crippen LogP contribution in [0.1, 0.15) is 27.7 Å². The molecule has 0 aromatic carbocycles. The van der Waals surface area contributed by atoms with Gasteiger partial charge in [0, 0.05) is 19.1 Å². The van der Waals surface area contributed by atoms with Gasteiger partial charge in [0.05, 0.1) is 5.54 Å². The molecule has 0 aliphatic carbocycles. The van der Waals surface area contributed by atoms with E-state index in [0.29, 0.717) is 6.04 Å². The number of nitrogens with one attached hydrogen (secondary N) is 1. The molecule has 0 radical (unpaired) electrons. The predicted molar refractivity (Wildman–Crippen MR) is 48.9 cm³/mol. The Kier molecular flexibility index (Phi) is 2.42. The van der Waals surface area contributed by atoms with Gasteiger partial charge in [-0.25, -0.2) is 0 Å². The molecule has 1 aliphatic heterocycles. The van der Waals surface area contributed by atoms with E-state index in [2.05, 4.69) is 24.1 Å². The lowest BCUT2D eigenvalue weighted by Crippen LogP contribution is -2.63. The fourth-order valence-electron chi connectivity index (χ4n) is 1.82. The van der Waals surface area contributed by atoms with Crippen LogP contribution in [-0.4, -0.2) is 35.5 Å². The highest BCUT2D eigenvalue weighted by molar-refractivity contribution is 5.86. The van der Waals surface area contributed by atoms with Crippen LogP contribution in [0.2, 0.25) is 0 Å². The number of carbonyl (C=O) groups excluding carboxylic acids is 1. The molecule has 0 saturated carbocycles. The van der Waals surface area contributed by atoms with E-state index in [-0.39, 0.29) is 11.4 Å². The summed E-state index contributed by atoms with van der Waals surface area (Å²) in [6, 6.07) is 0.436. The van der Waals surface area contributed by atoms with E-state index in [1.165, 1.54) is 0 Å². The fraction of sp³-hybridized carbons (Fsp3) is 0.889. The molecule has 1 amide bonds. The summed E-state index contributed by atoms with van der Waals surface area (Å²) in [6.07, 6.45) is 0. The van der Waals surface area contributed by atoms with Gasteiger partial charge in [0.25, 0.3) is 0 Å². The van der Waals surface area contributed by atoms with Crippen LogP contribution in [0.15, 0.2) is 0 Å². The summed E-state index contributed by atoms with van der Waals surface area (Å²) < 4.78 is 0. The van der Waals surface area contributed by atoms with Crippen molar-refractivity contribution >= 4 is 5.91 Å². The maximum absolute atomic E-state index is 11.5. The third-order valence-electron chi connectivity index (χ3n) is 2.54. The van der Waals surface area contributed by atoms with E-state index < -0.39 is 0 Å². The van der Waals surface area contributed by atoms with Gasteiger partial charge in [0.15, 0.2) is 0 Å². The summed E-state index contributed by atoms with van der Waals surface area (Å²) in [5.74, 6) is 0.141. The van der Waals surface area contributed by atoms with Crippen LogP contribution in [0.3, 0.4) is 0 Å². The van der Waals surface area contributed by atoms with E-state index in [1.807, 2.05) is 13.8 Å². The SMILES string of the molecule is CC(C)N1CCNC(=O)C1(C)C. The van der Waals surface area contributed by atoms with Crippen LogP contribution in [0.25, 0.3) is 0 Å². The minimum atomic E-state index is -0.341. The summed E-state index contributed by atoms with van der Waals surface area (Å²) in [6.45, 7) is 9.93. The third kappa shape index (κ3) is 1.46. The normalized spacial score (nSPS) is 24.2. The van der Waals surface area contributed by atoms with Gasteiger partial charge in [-0.1, -0.05) is 0 Å². The first-order valence-electron chi connectivity index (χ1n) is 4.51. The molecule has 0 aromatic heterocycles. The first-order chi connectivity index (χ1) is 5.46. The smallest absolute Gasteiger partial charge is 0.240 e. The number of amides is 1. The van der Waals surface area contributed by atoms with Gasteiger partial charge in [-0.15, -0.1) is 0 Å². The number of rotatable bonds is 1. The van der Waals surface area contributed by atoms with Crippen molar-refractivity contribution in [2.24, 2.45) is 0 Å². The molecule has 0 atom stereocenters. The maximum Gasteiger partial charge on any atom is 0.240 e. The fourth-order valence-corrected chi connectivity index (χ4v) is 1.82. The molecule has 3 nitrogen and oxygen atoms in total. The Bertz CT molecular complexity index is 187. The van der Waals surface area contributed by atoms with Gasteiger partial charge in [-0.3, -0.25) is 9.69 Å². The first kappa shape index (κ1) is 9.52. The van der Waals surface area contributed by atoms with Gasteiger partial charge in [-0.2, -0.15) is 0 Å². The largest absolute Gasteiger partial charge is 0.353 e. The van der Waals surface area contributed by atoms with Crippen molar-refractivity contribution < 1.29 is 4.79 Å². The van der Waals surface area contributed by atoms with E-state index in [9.17, 15) is 4.79 Å². The Morgan fingerprint density at radius 3 is 2.50 bits per heavy atom. The van der Waals surface area contributed by atoms with Crippen molar-refractivity contribution in [3.05, 3.63) is 0 Å². The van der Waals surface area contributed by atoms with Crippen LogP contribution < -0.4 is 5.32 Å². The Morgan fingerprint density at radius 1 is 1.50 bits per heavy atom. The van der Waals surface area contributed by atoms with Crippen molar-refractivity contribution in [2.45, 2.75) is 39.3 Å². The third-order valence-corrected chi connectivity index (χ3v) is 2.54. The van der Waals surface area contributed by atoms with E-state index in [0.717, 1.165) is 13.1 Å². The molecule has 1 aliphatic rings. The van der Waals surface area contributed by atoms with Gasteiger partial charge >= 0.3 is 0 Å². The summed E-state index contributed by atoms with van der Waals surface area (Å²) in [7, 11) is 0. The molecule has 1 heterocycles. The number of hydrogen-bond donors (Lipinski definition) is 1. The summed E-state index contributed by atoms with van der Waals surface area (Å²) in [5, 5.41) is 2.88. The second-order valence-electron chi connectivity index (χ2n) is 4.10. The number of piperazine rings is 1. The zero-order chi connectivity index (χ0) is 9.35. The Hall–Kier alpha value is -0.570. The lowest BCUT2D eigenvalue weighted by atomic mass is 9.97. The van der Waals surface area contributed by atoms with E-state index in [1.54, 1.807) is 0 Å². The first-order valence-corrected chi connectivity index (χ1v) is 4.51. The summed E-state index contributed by atoms with van der Waals surface area (Å²) >= 11 is 0. The highest BCUT2D eigenvalue weighted by atomic mass is 16.2. The Morgan fingerprint density at radius 2 is 2.08 bits per heavy atom. The average Bonchev–Trinajstić information content (AvgIpc) is 1.94. The Balaban J connectivity index is 2.79. The highest BCUT2D eigenvalue weighted by Crippen LogP contribution is 2.19. The second-order valence-corrected chi connectivity index (χ2v) is 4.10. The molecule has 0 spiro atoms. The number of nitrogens with zero attached hydrogens (tertiary/aromatic N) is 1. The monoisotopic (exact) mass is 170 g/mol. The zero-order valence-electron chi connectivity index (χ0n) is 8.35. The van der Waals surface area contributed by atoms with Gasteiger partial charge < -0.3 is 5.32 Å². The number of carbonyl (C=O) groups is 1. The molecular weight excluding hydrogens is 152 g/mol. The van der Waals surface area contributed by atoms with Crippen molar-refractivity contribution in [1.29, 1.82) is 0 Å². The van der Waals surface area contributed by atoms with Crippen molar-refractivity contribution in [2.75, 3.05) is 13.1 Å². The molecule has 1 saturated heterocycles. The van der Waals surface area contributed by atoms with Gasteiger partial charge in [-0.05, 0) is 27.7 Å². The maximum atomic E-state index is 11.5. The van der Waals surface area contributed by atoms with E-state index in [4.69, 9.17) is 0 Å². The average molecular weight is 170 g/mol. The van der Waals surface area contributed by atoms with Crippen molar-refractivity contribution in [1.82, 2.24) is 10.2 Å². The molecule has 3 heteroatoms. The minimum Gasteiger partial charge on any atom is -0.353 e. The summed E-state index contributed by atoms with van der Waals surface area (Å²) in [5.41, 5.74) is -0.341. The second kappa shape index (κ2) is 3.05. The predicted octanol–water partition coefficient (Wildman–Crippen LogP) is 0.605. The van der Waals surface area contributed by atoms with E-state index >= 15 is 0 Å². The Labute approximate surface area is 74.1 Å².